The first-order valence-electron chi connectivity index (χ1n) is 11.8. The topological polar surface area (TPSA) is 54.8 Å². The Morgan fingerprint density at radius 1 is 0.933 bits per heavy atom. The van der Waals surface area contributed by atoms with Crippen molar-refractivity contribution >= 4 is 11.8 Å². The number of aryl methyl sites for hydroxylation is 1. The first-order valence-corrected chi connectivity index (χ1v) is 11.8. The van der Waals surface area contributed by atoms with Crippen LogP contribution in [0.15, 0.2) is 18.3 Å². The molecular formula is C24H43N3O3. The Morgan fingerprint density at radius 3 is 2.30 bits per heavy atom. The third-order valence-corrected chi connectivity index (χ3v) is 5.38. The molecule has 0 unspecified atom stereocenters. The molecule has 1 aromatic rings. The molecule has 0 saturated heterocycles. The number of nitrogens with zero attached hydrogens (tertiary/aromatic N) is 3. The van der Waals surface area contributed by atoms with E-state index in [1.165, 1.54) is 0 Å². The molecule has 30 heavy (non-hydrogen) atoms. The summed E-state index contributed by atoms with van der Waals surface area (Å²) in [6.07, 6.45) is 9.54. The van der Waals surface area contributed by atoms with Gasteiger partial charge in [0.15, 0.2) is 0 Å². The molecule has 1 heterocycles. The lowest BCUT2D eigenvalue weighted by Crippen LogP contribution is -2.43. The lowest BCUT2D eigenvalue weighted by atomic mass is 10.1. The van der Waals surface area contributed by atoms with E-state index >= 15 is 0 Å². The molecule has 172 valence electrons. The predicted octanol–water partition coefficient (Wildman–Crippen LogP) is 4.38. The second kappa shape index (κ2) is 15.9. The lowest BCUT2D eigenvalue weighted by Gasteiger charge is -2.28. The van der Waals surface area contributed by atoms with Gasteiger partial charge in [-0.3, -0.25) is 9.59 Å². The number of amides is 2. The molecule has 1 rings (SSSR count). The highest BCUT2D eigenvalue weighted by Crippen LogP contribution is 2.10. The zero-order valence-corrected chi connectivity index (χ0v) is 19.7. The van der Waals surface area contributed by atoms with Gasteiger partial charge in [-0.2, -0.15) is 0 Å². The normalized spacial score (nSPS) is 10.9. The first-order chi connectivity index (χ1) is 14.5. The quantitative estimate of drug-likeness (QED) is 0.351. The van der Waals surface area contributed by atoms with E-state index in [1.807, 2.05) is 41.8 Å². The van der Waals surface area contributed by atoms with Crippen molar-refractivity contribution in [1.82, 2.24) is 14.4 Å². The Hall–Kier alpha value is -1.82. The molecule has 0 aliphatic rings. The molecule has 6 heteroatoms. The number of ether oxygens (including phenoxy) is 1. The highest BCUT2D eigenvalue weighted by atomic mass is 16.5. The van der Waals surface area contributed by atoms with Gasteiger partial charge in [0.1, 0.15) is 0 Å². The van der Waals surface area contributed by atoms with Crippen LogP contribution >= 0.6 is 0 Å². The summed E-state index contributed by atoms with van der Waals surface area (Å²) in [6.45, 7) is 9.59. The highest BCUT2D eigenvalue weighted by Gasteiger charge is 2.21. The van der Waals surface area contributed by atoms with Gasteiger partial charge < -0.3 is 19.1 Å². The molecule has 0 aliphatic heterocycles. The molecule has 0 atom stereocenters. The molecule has 2 amide bonds. The third-order valence-electron chi connectivity index (χ3n) is 5.38. The average Bonchev–Trinajstić information content (AvgIpc) is 3.14. The van der Waals surface area contributed by atoms with Crippen LogP contribution in [0, 0.1) is 0 Å². The molecule has 0 saturated carbocycles. The second-order valence-corrected chi connectivity index (χ2v) is 7.96. The first kappa shape index (κ1) is 26.2. The summed E-state index contributed by atoms with van der Waals surface area (Å²) < 4.78 is 7.48. The van der Waals surface area contributed by atoms with Gasteiger partial charge >= 0.3 is 0 Å². The summed E-state index contributed by atoms with van der Waals surface area (Å²) in [4.78, 5) is 29.6. The SMILES string of the molecule is CCCCCCC(=O)N(CCCOCC)CC(=O)N(CCCC)Cc1cccn1C. The smallest absolute Gasteiger partial charge is 0.242 e. The van der Waals surface area contributed by atoms with Crippen LogP contribution in [0.25, 0.3) is 0 Å². The van der Waals surface area contributed by atoms with Crippen LogP contribution in [-0.2, 0) is 27.9 Å². The molecular weight excluding hydrogens is 378 g/mol. The molecule has 6 nitrogen and oxygen atoms in total. The fourth-order valence-corrected chi connectivity index (χ4v) is 3.42. The van der Waals surface area contributed by atoms with Crippen molar-refractivity contribution in [1.29, 1.82) is 0 Å². The van der Waals surface area contributed by atoms with E-state index in [4.69, 9.17) is 4.74 Å². The van der Waals surface area contributed by atoms with Crippen molar-refractivity contribution in [2.75, 3.05) is 32.8 Å². The average molecular weight is 422 g/mol. The summed E-state index contributed by atoms with van der Waals surface area (Å²) in [5, 5.41) is 0. The highest BCUT2D eigenvalue weighted by molar-refractivity contribution is 5.84. The van der Waals surface area contributed by atoms with Gasteiger partial charge in [-0.05, 0) is 38.3 Å². The monoisotopic (exact) mass is 421 g/mol. The van der Waals surface area contributed by atoms with E-state index in [9.17, 15) is 9.59 Å². The number of hydrogen-bond acceptors (Lipinski definition) is 3. The molecule has 1 aromatic heterocycles. The maximum atomic E-state index is 13.2. The fraction of sp³-hybridized carbons (Fsp3) is 0.750. The zero-order chi connectivity index (χ0) is 22.2. The number of hydrogen-bond donors (Lipinski definition) is 0. The standard InChI is InChI=1S/C24H43N3O3/c1-5-8-10-11-15-23(28)27(18-13-19-30-7-3)21-24(29)26(17-9-6-2)20-22-14-12-16-25(22)4/h12,14,16H,5-11,13,15,17-21H2,1-4H3. The van der Waals surface area contributed by atoms with Crippen molar-refractivity contribution in [2.45, 2.75) is 78.7 Å². The molecule has 0 fully saturated rings. The van der Waals surface area contributed by atoms with Gasteiger partial charge in [0.25, 0.3) is 0 Å². The van der Waals surface area contributed by atoms with Crippen LogP contribution in [0.1, 0.15) is 77.8 Å². The summed E-state index contributed by atoms with van der Waals surface area (Å²) in [5.74, 6) is 0.119. The van der Waals surface area contributed by atoms with E-state index in [1.54, 1.807) is 4.90 Å². The van der Waals surface area contributed by atoms with E-state index in [2.05, 4.69) is 13.8 Å². The molecule has 0 radical (unpaired) electrons. The number of carbonyl (C=O) groups is 2. The van der Waals surface area contributed by atoms with Crippen molar-refractivity contribution in [3.05, 3.63) is 24.0 Å². The van der Waals surface area contributed by atoms with Crippen LogP contribution in [0.2, 0.25) is 0 Å². The minimum absolute atomic E-state index is 0.0305. The zero-order valence-electron chi connectivity index (χ0n) is 19.7. The number of unbranched alkanes of at least 4 members (excludes halogenated alkanes) is 4. The number of aromatic nitrogens is 1. The van der Waals surface area contributed by atoms with Gasteiger partial charge in [-0.1, -0.05) is 39.5 Å². The van der Waals surface area contributed by atoms with Gasteiger partial charge in [0.2, 0.25) is 11.8 Å². The van der Waals surface area contributed by atoms with Crippen LogP contribution in [-0.4, -0.2) is 59.0 Å². The Morgan fingerprint density at radius 2 is 1.67 bits per heavy atom. The van der Waals surface area contributed by atoms with Gasteiger partial charge in [-0.15, -0.1) is 0 Å². The van der Waals surface area contributed by atoms with Crippen LogP contribution in [0.3, 0.4) is 0 Å². The molecule has 0 bridgehead atoms. The lowest BCUT2D eigenvalue weighted by molar-refractivity contribution is -0.141. The van der Waals surface area contributed by atoms with Crippen molar-refractivity contribution in [2.24, 2.45) is 7.05 Å². The van der Waals surface area contributed by atoms with E-state index in [0.717, 1.165) is 57.2 Å². The van der Waals surface area contributed by atoms with Crippen LogP contribution < -0.4 is 0 Å². The van der Waals surface area contributed by atoms with Crippen molar-refractivity contribution in [3.8, 4) is 0 Å². The minimum Gasteiger partial charge on any atom is -0.382 e. The molecule has 0 spiro atoms. The van der Waals surface area contributed by atoms with E-state index in [-0.39, 0.29) is 18.4 Å². The molecule has 0 N–H and O–H groups in total. The molecule has 0 aromatic carbocycles. The minimum atomic E-state index is 0.0305. The summed E-state index contributed by atoms with van der Waals surface area (Å²) in [7, 11) is 2.00. The van der Waals surface area contributed by atoms with Crippen LogP contribution in [0.5, 0.6) is 0 Å². The maximum Gasteiger partial charge on any atom is 0.242 e. The van der Waals surface area contributed by atoms with Gasteiger partial charge in [-0.25, -0.2) is 0 Å². The Labute approximate surface area is 183 Å². The van der Waals surface area contributed by atoms with E-state index < -0.39 is 0 Å². The summed E-state index contributed by atoms with van der Waals surface area (Å²) in [6, 6.07) is 4.04. The van der Waals surface area contributed by atoms with Crippen LogP contribution in [0.4, 0.5) is 0 Å². The number of rotatable bonds is 17. The predicted molar refractivity (Wildman–Crippen MR) is 122 cm³/mol. The second-order valence-electron chi connectivity index (χ2n) is 7.96. The van der Waals surface area contributed by atoms with E-state index in [0.29, 0.717) is 32.7 Å². The summed E-state index contributed by atoms with van der Waals surface area (Å²) in [5.41, 5.74) is 1.10. The maximum absolute atomic E-state index is 13.2. The van der Waals surface area contributed by atoms with Gasteiger partial charge in [0, 0.05) is 51.7 Å². The fourth-order valence-electron chi connectivity index (χ4n) is 3.42. The van der Waals surface area contributed by atoms with Crippen molar-refractivity contribution in [3.63, 3.8) is 0 Å². The summed E-state index contributed by atoms with van der Waals surface area (Å²) >= 11 is 0. The van der Waals surface area contributed by atoms with Gasteiger partial charge in [0.05, 0.1) is 13.1 Å². The molecule has 0 aliphatic carbocycles. The Kier molecular flexibility index (Phi) is 13.9. The Balaban J connectivity index is 2.75. The Bertz CT molecular complexity index is 600. The number of carbonyl (C=O) groups excluding carboxylic acids is 2. The van der Waals surface area contributed by atoms with Crippen molar-refractivity contribution < 1.29 is 14.3 Å². The largest absolute Gasteiger partial charge is 0.382 e. The third kappa shape index (κ3) is 10.3.